The molecule has 1 amide bonds. The Hall–Kier alpha value is -3.03. The van der Waals surface area contributed by atoms with Gasteiger partial charge in [-0.15, -0.1) is 0 Å². The van der Waals surface area contributed by atoms with Gasteiger partial charge in [0.25, 0.3) is 11.5 Å². The summed E-state index contributed by atoms with van der Waals surface area (Å²) >= 11 is 0. The molecule has 1 aliphatic heterocycles. The molecule has 27 heavy (non-hydrogen) atoms. The zero-order valence-corrected chi connectivity index (χ0v) is 15.7. The summed E-state index contributed by atoms with van der Waals surface area (Å²) in [6.45, 7) is 2.71. The average Bonchev–Trinajstić information content (AvgIpc) is 2.69. The van der Waals surface area contributed by atoms with E-state index in [0.717, 1.165) is 12.0 Å². The van der Waals surface area contributed by atoms with Crippen molar-refractivity contribution in [3.8, 4) is 17.2 Å². The Kier molecular flexibility index (Phi) is 5.63. The van der Waals surface area contributed by atoms with Gasteiger partial charge in [0.05, 0.1) is 20.4 Å². The topological polar surface area (TPSA) is 82.9 Å². The van der Waals surface area contributed by atoms with Gasteiger partial charge in [0.15, 0.2) is 29.5 Å². The summed E-state index contributed by atoms with van der Waals surface area (Å²) in [6.07, 6.45) is 2.83. The molecule has 0 radical (unpaired) electrons. The van der Waals surface area contributed by atoms with Crippen molar-refractivity contribution in [3.63, 3.8) is 0 Å². The van der Waals surface area contributed by atoms with E-state index in [1.807, 2.05) is 25.1 Å². The zero-order valence-electron chi connectivity index (χ0n) is 15.7. The van der Waals surface area contributed by atoms with Crippen molar-refractivity contribution in [3.05, 3.63) is 40.3 Å². The molecular weight excluding hydrogens is 350 g/mol. The number of hydrogen-bond donors (Lipinski definition) is 0. The predicted octanol–water partition coefficient (Wildman–Crippen LogP) is 1.64. The van der Waals surface area contributed by atoms with E-state index in [9.17, 15) is 9.59 Å². The number of hydrogen-bond acceptors (Lipinski definition) is 6. The first kappa shape index (κ1) is 18.8. The molecule has 1 aliphatic rings. The third-order valence-corrected chi connectivity index (χ3v) is 4.41. The highest BCUT2D eigenvalue weighted by Crippen LogP contribution is 2.30. The van der Waals surface area contributed by atoms with Crippen LogP contribution in [0.2, 0.25) is 0 Å². The average molecular weight is 373 g/mol. The first-order valence-corrected chi connectivity index (χ1v) is 8.83. The van der Waals surface area contributed by atoms with Crippen molar-refractivity contribution < 1.29 is 19.0 Å². The molecule has 1 aromatic carbocycles. The fourth-order valence-corrected chi connectivity index (χ4v) is 3.04. The number of benzene rings is 1. The summed E-state index contributed by atoms with van der Waals surface area (Å²) in [6, 6.07) is 5.60. The second kappa shape index (κ2) is 8.11. The molecule has 0 N–H and O–H groups in total. The van der Waals surface area contributed by atoms with E-state index in [1.54, 1.807) is 14.2 Å². The van der Waals surface area contributed by atoms with Gasteiger partial charge in [0.1, 0.15) is 0 Å². The number of nitrogens with zero attached hydrogens (tertiary/aromatic N) is 3. The van der Waals surface area contributed by atoms with Crippen molar-refractivity contribution >= 4 is 11.6 Å². The Morgan fingerprint density at radius 1 is 1.15 bits per heavy atom. The van der Waals surface area contributed by atoms with Crippen molar-refractivity contribution in [2.45, 2.75) is 26.3 Å². The molecule has 0 aliphatic carbocycles. The second-order valence-corrected chi connectivity index (χ2v) is 6.16. The minimum atomic E-state index is -0.310. The lowest BCUT2D eigenvalue weighted by Gasteiger charge is -2.28. The second-order valence-electron chi connectivity index (χ2n) is 6.16. The van der Waals surface area contributed by atoms with Crippen LogP contribution in [0.15, 0.2) is 29.2 Å². The first-order chi connectivity index (χ1) is 13.1. The highest BCUT2D eigenvalue weighted by molar-refractivity contribution is 5.97. The first-order valence-electron chi connectivity index (χ1n) is 8.83. The third kappa shape index (κ3) is 3.74. The maximum absolute atomic E-state index is 12.7. The number of rotatable bonds is 7. The van der Waals surface area contributed by atoms with Crippen molar-refractivity contribution in [1.29, 1.82) is 0 Å². The van der Waals surface area contributed by atoms with E-state index in [1.165, 1.54) is 15.8 Å². The van der Waals surface area contributed by atoms with Crippen LogP contribution < -0.4 is 24.7 Å². The number of aryl methyl sites for hydroxylation is 1. The Bertz CT molecular complexity index is 893. The van der Waals surface area contributed by atoms with Crippen molar-refractivity contribution in [2.75, 3.05) is 32.3 Å². The Morgan fingerprint density at radius 2 is 1.93 bits per heavy atom. The molecule has 0 unspecified atom stereocenters. The molecule has 8 nitrogen and oxygen atoms in total. The summed E-state index contributed by atoms with van der Waals surface area (Å²) in [5, 5.41) is 4.11. The minimum Gasteiger partial charge on any atom is -0.493 e. The third-order valence-electron chi connectivity index (χ3n) is 4.41. The molecule has 0 atom stereocenters. The van der Waals surface area contributed by atoms with Crippen LogP contribution in [0.1, 0.15) is 18.9 Å². The number of fused-ring (bicyclic) bond motifs is 1. The van der Waals surface area contributed by atoms with Crippen LogP contribution in [0, 0.1) is 0 Å². The van der Waals surface area contributed by atoms with Gasteiger partial charge >= 0.3 is 0 Å². The van der Waals surface area contributed by atoms with Gasteiger partial charge in [-0.2, -0.15) is 5.10 Å². The van der Waals surface area contributed by atoms with Gasteiger partial charge in [0.2, 0.25) is 0 Å². The standard InChI is InChI=1S/C19H23N3O5/c1-4-8-22-19(24)18-16(11-20-22)27-12-17(23)21(18)9-7-13-5-6-14(25-2)15(10-13)26-3/h5-6,10-11H,4,7-9,12H2,1-3H3. The summed E-state index contributed by atoms with van der Waals surface area (Å²) in [4.78, 5) is 26.6. The number of aromatic nitrogens is 2. The fourth-order valence-electron chi connectivity index (χ4n) is 3.04. The fraction of sp³-hybridized carbons (Fsp3) is 0.421. The lowest BCUT2D eigenvalue weighted by Crippen LogP contribution is -2.44. The summed E-state index contributed by atoms with van der Waals surface area (Å²) < 4.78 is 17.3. The predicted molar refractivity (Wildman–Crippen MR) is 99.9 cm³/mol. The van der Waals surface area contributed by atoms with E-state index in [-0.39, 0.29) is 23.8 Å². The summed E-state index contributed by atoms with van der Waals surface area (Å²) in [5.74, 6) is 1.37. The molecular formula is C19H23N3O5. The molecule has 3 rings (SSSR count). The van der Waals surface area contributed by atoms with Gasteiger partial charge in [-0.05, 0) is 30.5 Å². The Morgan fingerprint density at radius 3 is 2.63 bits per heavy atom. The number of methoxy groups -OCH3 is 2. The molecule has 8 heteroatoms. The maximum atomic E-state index is 12.7. The van der Waals surface area contributed by atoms with E-state index >= 15 is 0 Å². The SMILES string of the molecule is CCCn1ncc2c(c1=O)N(CCc1ccc(OC)c(OC)c1)C(=O)CO2. The molecule has 2 heterocycles. The Labute approximate surface area is 157 Å². The van der Waals surface area contributed by atoms with Gasteiger partial charge < -0.3 is 19.1 Å². The highest BCUT2D eigenvalue weighted by Gasteiger charge is 2.29. The quantitative estimate of drug-likeness (QED) is 0.734. The lowest BCUT2D eigenvalue weighted by atomic mass is 10.1. The van der Waals surface area contributed by atoms with E-state index in [4.69, 9.17) is 14.2 Å². The lowest BCUT2D eigenvalue weighted by molar-refractivity contribution is -0.121. The molecule has 0 saturated heterocycles. The molecule has 2 aromatic rings. The van der Waals surface area contributed by atoms with Crippen LogP contribution in [0.5, 0.6) is 17.2 Å². The van der Waals surface area contributed by atoms with Gasteiger partial charge in [-0.25, -0.2) is 4.68 Å². The van der Waals surface area contributed by atoms with Crippen molar-refractivity contribution in [2.24, 2.45) is 0 Å². The van der Waals surface area contributed by atoms with Crippen molar-refractivity contribution in [1.82, 2.24) is 9.78 Å². The van der Waals surface area contributed by atoms with Gasteiger partial charge in [-0.1, -0.05) is 13.0 Å². The van der Waals surface area contributed by atoms with Crippen LogP contribution in [0.25, 0.3) is 0 Å². The molecule has 0 fully saturated rings. The molecule has 0 spiro atoms. The number of carbonyl (C=O) groups is 1. The van der Waals surface area contributed by atoms with Crippen LogP contribution in [-0.4, -0.2) is 43.1 Å². The number of ether oxygens (including phenoxy) is 3. The van der Waals surface area contributed by atoms with E-state index < -0.39 is 0 Å². The van der Waals surface area contributed by atoms with E-state index in [2.05, 4.69) is 5.10 Å². The zero-order chi connectivity index (χ0) is 19.4. The van der Waals surface area contributed by atoms with Gasteiger partial charge in [-0.3, -0.25) is 9.59 Å². The molecule has 144 valence electrons. The molecule has 0 bridgehead atoms. The smallest absolute Gasteiger partial charge is 0.294 e. The molecule has 1 aromatic heterocycles. The summed E-state index contributed by atoms with van der Waals surface area (Å²) in [5.41, 5.74) is 0.918. The van der Waals surface area contributed by atoms with Crippen LogP contribution >= 0.6 is 0 Å². The van der Waals surface area contributed by atoms with Gasteiger partial charge in [0, 0.05) is 13.1 Å². The van der Waals surface area contributed by atoms with E-state index in [0.29, 0.717) is 36.8 Å². The monoisotopic (exact) mass is 373 g/mol. The van der Waals surface area contributed by atoms with Crippen LogP contribution in [-0.2, 0) is 17.8 Å². The minimum absolute atomic E-state index is 0.0994. The largest absolute Gasteiger partial charge is 0.493 e. The Balaban J connectivity index is 1.87. The number of carbonyl (C=O) groups excluding carboxylic acids is 1. The number of anilines is 1. The van der Waals surface area contributed by atoms with Crippen LogP contribution in [0.4, 0.5) is 5.69 Å². The highest BCUT2D eigenvalue weighted by atomic mass is 16.5. The van der Waals surface area contributed by atoms with Crippen LogP contribution in [0.3, 0.4) is 0 Å². The maximum Gasteiger partial charge on any atom is 0.294 e. The number of amides is 1. The molecule has 0 saturated carbocycles. The summed E-state index contributed by atoms with van der Waals surface area (Å²) in [7, 11) is 3.16. The normalized spacial score (nSPS) is 13.1.